The minimum absolute atomic E-state index is 1.56. The molecule has 0 spiro atoms. The van der Waals surface area contributed by atoms with E-state index in [1.165, 1.54) is 0 Å². The van der Waals surface area contributed by atoms with E-state index in [1.54, 1.807) is 4.74 Å². The van der Waals surface area contributed by atoms with Crippen molar-refractivity contribution in [3.05, 3.63) is 0 Å². The van der Waals surface area contributed by atoms with E-state index >= 15 is 0 Å². The average Bonchev–Trinajstić information content (AvgIpc) is 1.77. The number of halogens is 9. The van der Waals surface area contributed by atoms with Gasteiger partial charge in [0.15, 0.2) is 0 Å². The number of aliphatic hydroxyl groups is 1. The molecule has 0 bridgehead atoms. The first-order chi connectivity index (χ1) is 6.21. The first kappa shape index (κ1) is 14.3. The Bertz CT molecular complexity index is 208. The summed E-state index contributed by atoms with van der Waals surface area (Å²) in [6.45, 7) is 0. The second-order valence-electron chi connectivity index (χ2n) is 2.18. The number of hydrogen-bond donors (Lipinski definition) is 1. The predicted molar refractivity (Wildman–Crippen MR) is 24.2 cm³/mol. The molecule has 0 saturated carbocycles. The van der Waals surface area contributed by atoms with Crippen LogP contribution in [0.2, 0.25) is 0 Å². The van der Waals surface area contributed by atoms with Crippen molar-refractivity contribution in [2.75, 3.05) is 0 Å². The Morgan fingerprint density at radius 2 is 1.07 bits per heavy atom. The smallest absolute Gasteiger partial charge is 0.331 e. The molecule has 2 nitrogen and oxygen atoms in total. The monoisotopic (exact) mass is 252 g/mol. The summed E-state index contributed by atoms with van der Waals surface area (Å²) in [6, 6.07) is 0. The maximum atomic E-state index is 12.2. The van der Waals surface area contributed by atoms with E-state index in [0.29, 0.717) is 0 Å². The van der Waals surface area contributed by atoms with Gasteiger partial charge in [0.05, 0.1) is 0 Å². The highest BCUT2D eigenvalue weighted by molar-refractivity contribution is 4.85. The molecule has 0 aliphatic rings. The minimum atomic E-state index is -6.76. The van der Waals surface area contributed by atoms with E-state index < -0.39 is 24.5 Å². The second kappa shape index (κ2) is 3.40. The molecule has 11 heteroatoms. The lowest BCUT2D eigenvalue weighted by Crippen LogP contribution is -2.59. The summed E-state index contributed by atoms with van der Waals surface area (Å²) in [5.74, 6) is -6.54. The Morgan fingerprint density at radius 3 is 1.13 bits per heavy atom. The third-order valence-electron chi connectivity index (χ3n) is 1.01. The quantitative estimate of drug-likeness (QED) is 0.764. The summed E-state index contributed by atoms with van der Waals surface area (Å²) in [4.78, 5) is 0. The summed E-state index contributed by atoms with van der Waals surface area (Å²) >= 11 is 0. The van der Waals surface area contributed by atoms with Crippen LogP contribution in [0.5, 0.6) is 0 Å². The van der Waals surface area contributed by atoms with Crippen molar-refractivity contribution in [1.29, 1.82) is 0 Å². The van der Waals surface area contributed by atoms with Gasteiger partial charge in [-0.15, -0.1) is 13.2 Å². The van der Waals surface area contributed by atoms with Crippen molar-refractivity contribution < 1.29 is 49.4 Å². The molecule has 0 aromatic heterocycles. The maximum Gasteiger partial charge on any atom is 0.525 e. The maximum absolute atomic E-state index is 12.2. The molecule has 92 valence electrons. The Labute approximate surface area is 75.2 Å². The molecular formula is C4HF9O2. The molecule has 0 aliphatic carbocycles. The highest BCUT2D eigenvalue weighted by Crippen LogP contribution is 2.47. The van der Waals surface area contributed by atoms with Crippen molar-refractivity contribution in [3.63, 3.8) is 0 Å². The first-order valence-corrected chi connectivity index (χ1v) is 2.83. The van der Waals surface area contributed by atoms with Gasteiger partial charge in [-0.25, -0.2) is 4.74 Å². The van der Waals surface area contributed by atoms with Crippen LogP contribution in [-0.4, -0.2) is 29.6 Å². The molecule has 0 heterocycles. The van der Waals surface area contributed by atoms with Gasteiger partial charge in [-0.05, 0) is 0 Å². The van der Waals surface area contributed by atoms with Crippen molar-refractivity contribution >= 4 is 0 Å². The van der Waals surface area contributed by atoms with Gasteiger partial charge in [0, 0.05) is 0 Å². The molecule has 1 atom stereocenters. The van der Waals surface area contributed by atoms with Crippen LogP contribution in [0.25, 0.3) is 0 Å². The van der Waals surface area contributed by atoms with E-state index in [0.717, 1.165) is 0 Å². The van der Waals surface area contributed by atoms with Crippen LogP contribution in [0.3, 0.4) is 0 Å². The predicted octanol–water partition coefficient (Wildman–Crippen LogP) is 2.34. The summed E-state index contributed by atoms with van der Waals surface area (Å²) in [5, 5.41) is 7.38. The van der Waals surface area contributed by atoms with Crippen LogP contribution >= 0.6 is 0 Å². The van der Waals surface area contributed by atoms with E-state index in [2.05, 4.69) is 0 Å². The lowest BCUT2D eigenvalue weighted by atomic mass is 10.3. The van der Waals surface area contributed by atoms with Crippen LogP contribution < -0.4 is 0 Å². The second-order valence-corrected chi connectivity index (χ2v) is 2.18. The molecule has 1 unspecified atom stereocenters. The third kappa shape index (κ3) is 3.12. The molecule has 0 saturated heterocycles. The van der Waals surface area contributed by atoms with Gasteiger partial charge in [0.25, 0.3) is 0 Å². The molecule has 0 rings (SSSR count). The zero-order valence-corrected chi connectivity index (χ0v) is 6.26. The zero-order valence-electron chi connectivity index (χ0n) is 6.26. The first-order valence-electron chi connectivity index (χ1n) is 2.83. The van der Waals surface area contributed by atoms with Gasteiger partial charge in [0.2, 0.25) is 0 Å². The van der Waals surface area contributed by atoms with Crippen molar-refractivity contribution in [1.82, 2.24) is 0 Å². The van der Waals surface area contributed by atoms with Gasteiger partial charge >= 0.3 is 24.5 Å². The average molecular weight is 252 g/mol. The Balaban J connectivity index is 5.26. The standard InChI is InChI=1S/C4HF9O2/c5-1(2(6,7)8,3(9,10)14)15-4(11,12)13/h14H. The fourth-order valence-electron chi connectivity index (χ4n) is 0.449. The van der Waals surface area contributed by atoms with Crippen molar-refractivity contribution in [2.24, 2.45) is 0 Å². The van der Waals surface area contributed by atoms with Crippen LogP contribution in [0, 0.1) is 0 Å². The van der Waals surface area contributed by atoms with Crippen LogP contribution in [-0.2, 0) is 4.74 Å². The van der Waals surface area contributed by atoms with Gasteiger partial charge in [-0.1, -0.05) is 0 Å². The lowest BCUT2D eigenvalue weighted by Gasteiger charge is -2.31. The van der Waals surface area contributed by atoms with Gasteiger partial charge in [0.1, 0.15) is 0 Å². The van der Waals surface area contributed by atoms with E-state index in [4.69, 9.17) is 5.11 Å². The molecule has 0 fully saturated rings. The van der Waals surface area contributed by atoms with Gasteiger partial charge < -0.3 is 5.11 Å². The number of rotatable bonds is 2. The molecule has 0 aliphatic heterocycles. The molecule has 0 radical (unpaired) electrons. The van der Waals surface area contributed by atoms with Crippen LogP contribution in [0.1, 0.15) is 0 Å². The summed E-state index contributed by atoms with van der Waals surface area (Å²) in [5.41, 5.74) is 0. The lowest BCUT2D eigenvalue weighted by molar-refractivity contribution is -0.515. The van der Waals surface area contributed by atoms with Gasteiger partial charge in [-0.3, -0.25) is 0 Å². The fraction of sp³-hybridized carbons (Fsp3) is 1.00. The number of ether oxygens (including phenoxy) is 1. The molecule has 0 amide bonds. The van der Waals surface area contributed by atoms with E-state index in [1.807, 2.05) is 0 Å². The fourth-order valence-corrected chi connectivity index (χ4v) is 0.449. The van der Waals surface area contributed by atoms with Crippen LogP contribution in [0.15, 0.2) is 0 Å². The minimum Gasteiger partial charge on any atom is -0.331 e. The molecule has 0 aromatic rings. The summed E-state index contributed by atoms with van der Waals surface area (Å²) in [7, 11) is 0. The Morgan fingerprint density at radius 1 is 0.733 bits per heavy atom. The highest BCUT2D eigenvalue weighted by Gasteiger charge is 2.76. The summed E-state index contributed by atoms with van der Waals surface area (Å²) in [6.07, 6.45) is -19.5. The van der Waals surface area contributed by atoms with E-state index in [-0.39, 0.29) is 0 Å². The normalized spacial score (nSPS) is 18.8. The van der Waals surface area contributed by atoms with Crippen molar-refractivity contribution in [2.45, 2.75) is 24.5 Å². The highest BCUT2D eigenvalue weighted by atomic mass is 19.4. The Kier molecular flexibility index (Phi) is 3.24. The molecule has 15 heavy (non-hydrogen) atoms. The zero-order chi connectivity index (χ0) is 12.7. The molecule has 0 aromatic carbocycles. The molecular weight excluding hydrogens is 251 g/mol. The number of alkyl halides is 9. The third-order valence-corrected chi connectivity index (χ3v) is 1.01. The number of hydrogen-bond acceptors (Lipinski definition) is 2. The van der Waals surface area contributed by atoms with Crippen molar-refractivity contribution in [3.8, 4) is 0 Å². The van der Waals surface area contributed by atoms with E-state index in [9.17, 15) is 39.5 Å². The SMILES string of the molecule is OC(F)(F)C(F)(OC(F)(F)F)C(F)(F)F. The Hall–Kier alpha value is -0.710. The van der Waals surface area contributed by atoms with Gasteiger partial charge in [-0.2, -0.15) is 26.3 Å². The van der Waals surface area contributed by atoms with Crippen LogP contribution in [0.4, 0.5) is 39.5 Å². The summed E-state index contributed by atoms with van der Waals surface area (Å²) < 4.78 is 105. The largest absolute Gasteiger partial charge is 0.525 e. The molecule has 1 N–H and O–H groups in total. The topological polar surface area (TPSA) is 29.5 Å².